The van der Waals surface area contributed by atoms with E-state index in [1.165, 1.54) is 39.6 Å². The smallest absolute Gasteiger partial charge is 0.446 e. The van der Waals surface area contributed by atoms with Crippen LogP contribution in [0.1, 0.15) is 89.5 Å². The largest absolute Gasteiger partial charge is 0.497 e. The Labute approximate surface area is 522 Å². The van der Waals surface area contributed by atoms with E-state index in [0.717, 1.165) is 52.7 Å². The topological polar surface area (TPSA) is 150 Å². The van der Waals surface area contributed by atoms with Crippen molar-refractivity contribution in [3.63, 3.8) is 0 Å². The quantitative estimate of drug-likeness (QED) is 0.0402. The number of rotatable bonds is 17. The van der Waals surface area contributed by atoms with Crippen molar-refractivity contribution < 1.29 is 64.9 Å². The summed E-state index contributed by atoms with van der Waals surface area (Å²) in [5, 5.41) is 2.45. The standard InChI is InChI=1S/C33H38FN3O4.C24H28FN3O3.C9H11ClO.C2HF3O/c1-23(2)41-30-10-5-7-26(19-30)22-35-18-16-33(21-24(35)3)31(38)36(17-15-25-11-13-29(40-4)14-12-25)32(39)37(33)28-9-6-8-27(34)20-28;1-16(2)31-21-9-4-6-18(12-21)15-27-11-10-24(14-17(27)3)22(29)26-23(30)28(24)20-8-5-7-19(25)13-20;1-11-9-4-2-8(3-5-9)6-7-10;3-2(4,5)1-6/h5-14,19-20,23-24H,15-18,21-22H2,1-4H3;4-9,12-13,16-17H,10-11,14-15H2,1-3H3,(H,26,29,30);2-5H,6-7H2,1H3;1H/t24-,33+;17-,24+;;/m00../s1. The molecule has 0 saturated carbocycles. The second-order valence-electron chi connectivity index (χ2n) is 22.9. The first-order chi connectivity index (χ1) is 42.4. The number of aryl methyl sites for hydroxylation is 1. The first-order valence-corrected chi connectivity index (χ1v) is 30.1. The molecule has 4 saturated heterocycles. The van der Waals surface area contributed by atoms with Crippen LogP contribution in [-0.2, 0) is 40.3 Å². The SMILES string of the molecule is CC(C)Oc1cccc(CN2CC[C@@]3(C[C@@H]2C)C(=O)NC(=O)N3c2cccc(F)c2)c1.COc1ccc(CCCl)cc1.COc1ccc(CCN2C(=O)N(c3cccc(F)c3)[C@@]3(CCN(Cc4cccc(OC(C)C)c4)[C@@H](C)C3)C2=O)cc1.O=CC(F)(F)F. The number of nitrogens with zero attached hydrogens (tertiary/aromatic N) is 5. The van der Waals surface area contributed by atoms with Crippen LogP contribution in [-0.4, -0.2) is 126 Å². The second-order valence-corrected chi connectivity index (χ2v) is 23.3. The number of anilines is 2. The molecular formula is C68H78ClF5N6O9. The maximum Gasteiger partial charge on any atom is 0.446 e. The Hall–Kier alpha value is -8.07. The molecule has 0 aromatic heterocycles. The molecule has 2 spiro atoms. The number of aldehydes is 1. The molecule has 4 fully saturated rings. The summed E-state index contributed by atoms with van der Waals surface area (Å²) in [5.41, 5.74) is 3.26. The number of halogens is 6. The molecule has 0 aliphatic carbocycles. The Morgan fingerprint density at radius 1 is 0.596 bits per heavy atom. The van der Waals surface area contributed by atoms with Gasteiger partial charge in [-0.25, -0.2) is 18.4 Å². The molecule has 4 aliphatic heterocycles. The number of hydrogen-bond acceptors (Lipinski definition) is 11. The lowest BCUT2D eigenvalue weighted by Crippen LogP contribution is -2.59. The van der Waals surface area contributed by atoms with E-state index in [9.17, 15) is 41.1 Å². The van der Waals surface area contributed by atoms with Gasteiger partial charge >= 0.3 is 18.2 Å². The number of carbonyl (C=O) groups is 5. The molecule has 0 radical (unpaired) electrons. The van der Waals surface area contributed by atoms with Crippen molar-refractivity contribution in [2.45, 2.75) is 135 Å². The van der Waals surface area contributed by atoms with Gasteiger partial charge in [0.1, 0.15) is 45.7 Å². The third-order valence-corrected chi connectivity index (χ3v) is 16.0. The molecule has 1 N–H and O–H groups in total. The Balaban J connectivity index is 0.000000205. The summed E-state index contributed by atoms with van der Waals surface area (Å²) >= 11 is 5.58. The van der Waals surface area contributed by atoms with E-state index in [1.54, 1.807) is 43.4 Å². The molecule has 10 rings (SSSR count). The fourth-order valence-electron chi connectivity index (χ4n) is 11.6. The Kier molecular flexibility index (Phi) is 23.8. The molecule has 476 valence electrons. The van der Waals surface area contributed by atoms with Gasteiger partial charge in [-0.15, -0.1) is 11.6 Å². The number of hydrogen-bond donors (Lipinski definition) is 1. The zero-order valence-electron chi connectivity index (χ0n) is 51.4. The fraction of sp³-hybridized carbons (Fsp3) is 0.397. The molecule has 0 unspecified atom stereocenters. The summed E-state index contributed by atoms with van der Waals surface area (Å²) in [6, 6.07) is 42.7. The molecule has 6 amide bonds. The van der Waals surface area contributed by atoms with E-state index >= 15 is 0 Å². The summed E-state index contributed by atoms with van der Waals surface area (Å²) in [6.45, 7) is 15.1. The van der Waals surface area contributed by atoms with Gasteiger partial charge in [0.25, 0.3) is 11.8 Å². The summed E-state index contributed by atoms with van der Waals surface area (Å²) < 4.78 is 81.4. The Morgan fingerprint density at radius 3 is 1.46 bits per heavy atom. The van der Waals surface area contributed by atoms with E-state index < -0.39 is 47.2 Å². The molecule has 6 aromatic carbocycles. The van der Waals surface area contributed by atoms with Crippen LogP contribution in [0, 0.1) is 11.6 Å². The first-order valence-electron chi connectivity index (χ1n) is 29.6. The number of urea groups is 2. The highest BCUT2D eigenvalue weighted by Gasteiger charge is 2.60. The minimum atomic E-state index is -4.64. The monoisotopic (exact) mass is 1250 g/mol. The first kappa shape index (κ1) is 68.4. The van der Waals surface area contributed by atoms with Crippen LogP contribution in [0.2, 0.25) is 0 Å². The van der Waals surface area contributed by atoms with Crippen LogP contribution in [0.4, 0.5) is 42.9 Å². The molecule has 4 heterocycles. The Bertz CT molecular complexity index is 3360. The fourth-order valence-corrected chi connectivity index (χ4v) is 11.9. The van der Waals surface area contributed by atoms with Crippen molar-refractivity contribution in [3.8, 4) is 23.0 Å². The molecule has 4 aliphatic rings. The molecule has 15 nitrogen and oxygen atoms in total. The van der Waals surface area contributed by atoms with Crippen LogP contribution >= 0.6 is 11.6 Å². The van der Waals surface area contributed by atoms with Crippen LogP contribution in [0.5, 0.6) is 23.0 Å². The lowest BCUT2D eigenvalue weighted by atomic mass is 9.81. The van der Waals surface area contributed by atoms with Crippen LogP contribution in [0.15, 0.2) is 146 Å². The summed E-state index contributed by atoms with van der Waals surface area (Å²) in [6.07, 6.45) is -2.20. The van der Waals surface area contributed by atoms with Gasteiger partial charge in [-0.05, 0) is 187 Å². The van der Waals surface area contributed by atoms with Gasteiger partial charge in [-0.1, -0.05) is 60.7 Å². The van der Waals surface area contributed by atoms with E-state index in [2.05, 4.69) is 47.2 Å². The number of nitrogens with one attached hydrogen (secondary N) is 1. The number of piperidine rings is 2. The lowest BCUT2D eigenvalue weighted by molar-refractivity contribution is -0.156. The highest BCUT2D eigenvalue weighted by atomic mass is 35.5. The van der Waals surface area contributed by atoms with Crippen molar-refractivity contribution in [2.24, 2.45) is 0 Å². The van der Waals surface area contributed by atoms with Crippen molar-refractivity contribution in [1.82, 2.24) is 20.0 Å². The molecule has 0 bridgehead atoms. The highest BCUT2D eigenvalue weighted by molar-refractivity contribution is 6.18. The van der Waals surface area contributed by atoms with Crippen molar-refractivity contribution in [1.29, 1.82) is 0 Å². The maximum absolute atomic E-state index is 14.4. The number of alkyl halides is 4. The van der Waals surface area contributed by atoms with Crippen molar-refractivity contribution in [3.05, 3.63) is 179 Å². The predicted octanol–water partition coefficient (Wildman–Crippen LogP) is 13.4. The number of likely N-dealkylation sites (tertiary alicyclic amines) is 2. The number of carbonyl (C=O) groups excluding carboxylic acids is 5. The highest BCUT2D eigenvalue weighted by Crippen LogP contribution is 2.44. The molecule has 21 heteroatoms. The van der Waals surface area contributed by atoms with Gasteiger partial charge in [-0.3, -0.25) is 44.2 Å². The van der Waals surface area contributed by atoms with Gasteiger partial charge in [0.05, 0.1) is 26.4 Å². The second kappa shape index (κ2) is 30.9. The summed E-state index contributed by atoms with van der Waals surface area (Å²) in [7, 11) is 3.28. The van der Waals surface area contributed by atoms with E-state index in [0.29, 0.717) is 69.0 Å². The van der Waals surface area contributed by atoms with Gasteiger partial charge in [0.2, 0.25) is 6.29 Å². The number of imide groups is 2. The van der Waals surface area contributed by atoms with Gasteiger partial charge in [0.15, 0.2) is 0 Å². The average molecular weight is 1250 g/mol. The third-order valence-electron chi connectivity index (χ3n) is 15.8. The molecule has 6 aromatic rings. The lowest BCUT2D eigenvalue weighted by Gasteiger charge is -2.45. The van der Waals surface area contributed by atoms with Gasteiger partial charge in [-0.2, -0.15) is 13.2 Å². The van der Waals surface area contributed by atoms with Crippen LogP contribution in [0.25, 0.3) is 0 Å². The number of benzene rings is 6. The van der Waals surface area contributed by atoms with Gasteiger partial charge in [0, 0.05) is 62.1 Å². The summed E-state index contributed by atoms with van der Waals surface area (Å²) in [5.74, 6) is 2.59. The molecule has 4 atom stereocenters. The van der Waals surface area contributed by atoms with Crippen LogP contribution in [0.3, 0.4) is 0 Å². The average Bonchev–Trinajstić information content (AvgIpc) is 2.39. The predicted molar refractivity (Wildman–Crippen MR) is 333 cm³/mol. The van der Waals surface area contributed by atoms with Crippen molar-refractivity contribution in [2.75, 3.05) is 49.5 Å². The minimum absolute atomic E-state index is 0.00720. The normalized spacial score (nSPS) is 20.2. The maximum atomic E-state index is 14.4. The Morgan fingerprint density at radius 2 is 1.03 bits per heavy atom. The number of methoxy groups -OCH3 is 2. The minimum Gasteiger partial charge on any atom is -0.497 e. The van der Waals surface area contributed by atoms with E-state index in [-0.39, 0.29) is 42.7 Å². The van der Waals surface area contributed by atoms with E-state index in [1.807, 2.05) is 107 Å². The van der Waals surface area contributed by atoms with Gasteiger partial charge < -0.3 is 18.9 Å². The zero-order valence-corrected chi connectivity index (χ0v) is 52.2. The third kappa shape index (κ3) is 17.8. The summed E-state index contributed by atoms with van der Waals surface area (Å²) in [4.78, 5) is 71.2. The van der Waals surface area contributed by atoms with Crippen LogP contribution < -0.4 is 34.1 Å². The molecule has 89 heavy (non-hydrogen) atoms. The van der Waals surface area contributed by atoms with E-state index in [4.69, 9.17) is 35.3 Å². The van der Waals surface area contributed by atoms with Crippen molar-refractivity contribution >= 4 is 53.1 Å². The zero-order chi connectivity index (χ0) is 64.6. The number of ether oxygens (including phenoxy) is 4. The molecular weight excluding hydrogens is 1180 g/mol. The number of amides is 6.